The number of nitrogens with one attached hydrogen (secondary N) is 2. The molecule has 1 aliphatic carbocycles. The lowest BCUT2D eigenvalue weighted by atomic mass is 9.95. The molecule has 2 N–H and O–H groups in total. The summed E-state index contributed by atoms with van der Waals surface area (Å²) < 4.78 is 1.77. The summed E-state index contributed by atoms with van der Waals surface area (Å²) in [6.45, 7) is 0. The average molecular weight is 421 g/mol. The van der Waals surface area contributed by atoms with Crippen LogP contribution in [0.4, 0.5) is 5.69 Å². The Kier molecular flexibility index (Phi) is 6.18. The molecule has 3 aromatic rings. The fraction of sp³-hybridized carbons (Fsp3) is 0.304. The van der Waals surface area contributed by atoms with Gasteiger partial charge in [0.1, 0.15) is 0 Å². The highest BCUT2D eigenvalue weighted by Crippen LogP contribution is 2.30. The van der Waals surface area contributed by atoms with Gasteiger partial charge in [0.25, 0.3) is 5.56 Å². The van der Waals surface area contributed by atoms with Gasteiger partial charge in [0, 0.05) is 24.4 Å². The van der Waals surface area contributed by atoms with Gasteiger partial charge in [0.2, 0.25) is 0 Å². The first kappa shape index (κ1) is 20.2. The SMILES string of the molecule is O=c1[nH]c(=S)n(C2CCCCC2)c([O-])c1C=Nc1ccc(Cc2cc[nH+]cc2)cc1. The molecule has 0 atom stereocenters. The molecular weight excluding hydrogens is 396 g/mol. The number of aromatic nitrogens is 3. The van der Waals surface area contributed by atoms with Crippen molar-refractivity contribution in [2.75, 3.05) is 0 Å². The van der Waals surface area contributed by atoms with Crippen LogP contribution in [0.25, 0.3) is 0 Å². The number of benzene rings is 1. The number of aromatic amines is 2. The molecule has 4 rings (SSSR count). The van der Waals surface area contributed by atoms with Gasteiger partial charge in [0.05, 0.1) is 11.3 Å². The average Bonchev–Trinajstić information content (AvgIpc) is 2.76. The van der Waals surface area contributed by atoms with Crippen LogP contribution in [0.5, 0.6) is 5.88 Å². The lowest BCUT2D eigenvalue weighted by Crippen LogP contribution is -2.26. The molecule has 2 aromatic heterocycles. The predicted molar refractivity (Wildman–Crippen MR) is 117 cm³/mol. The second kappa shape index (κ2) is 9.17. The molecule has 2 heterocycles. The van der Waals surface area contributed by atoms with E-state index in [0.717, 1.165) is 37.7 Å². The smallest absolute Gasteiger partial charge is 0.259 e. The third-order valence-electron chi connectivity index (χ3n) is 5.55. The number of nitrogens with zero attached hydrogens (tertiary/aromatic N) is 2. The van der Waals surface area contributed by atoms with Gasteiger partial charge in [-0.3, -0.25) is 14.8 Å². The third-order valence-corrected chi connectivity index (χ3v) is 5.85. The van der Waals surface area contributed by atoms with Crippen LogP contribution in [0, 0.1) is 4.77 Å². The molecule has 30 heavy (non-hydrogen) atoms. The molecule has 1 aromatic carbocycles. The normalized spacial score (nSPS) is 14.9. The lowest BCUT2D eigenvalue weighted by molar-refractivity contribution is -0.378. The molecule has 1 saturated carbocycles. The van der Waals surface area contributed by atoms with Gasteiger partial charge in [-0.05, 0) is 60.6 Å². The molecule has 0 bridgehead atoms. The lowest BCUT2D eigenvalue weighted by Gasteiger charge is -2.30. The van der Waals surface area contributed by atoms with Gasteiger partial charge < -0.3 is 9.67 Å². The fourth-order valence-electron chi connectivity index (χ4n) is 3.94. The fourth-order valence-corrected chi connectivity index (χ4v) is 4.27. The summed E-state index contributed by atoms with van der Waals surface area (Å²) in [4.78, 5) is 22.4. The first-order chi connectivity index (χ1) is 14.6. The minimum atomic E-state index is -0.488. The van der Waals surface area contributed by atoms with Crippen molar-refractivity contribution in [3.8, 4) is 5.88 Å². The summed E-state index contributed by atoms with van der Waals surface area (Å²) in [6.07, 6.45) is 11.1. The Balaban J connectivity index is 1.56. The molecule has 7 heteroatoms. The molecule has 0 aliphatic heterocycles. The Bertz CT molecular complexity index is 1140. The topological polar surface area (TPSA) is 87.3 Å². The van der Waals surface area contributed by atoms with Crippen molar-refractivity contribution in [1.29, 1.82) is 0 Å². The van der Waals surface area contributed by atoms with Crippen LogP contribution in [0.1, 0.15) is 54.8 Å². The van der Waals surface area contributed by atoms with E-state index < -0.39 is 5.56 Å². The summed E-state index contributed by atoms with van der Waals surface area (Å²) >= 11 is 5.27. The maximum Gasteiger partial charge on any atom is 0.259 e. The van der Waals surface area contributed by atoms with E-state index in [9.17, 15) is 9.90 Å². The van der Waals surface area contributed by atoms with Crippen molar-refractivity contribution >= 4 is 24.1 Å². The standard InChI is InChI=1S/C23H24N4O2S/c28-21-20(22(29)27(23(30)26-21)19-4-2-1-3-5-19)15-25-18-8-6-16(7-9-18)14-17-10-12-24-13-11-17/h6-13,15,19,29H,1-5,14H2,(H,26,28,30). The van der Waals surface area contributed by atoms with Crippen molar-refractivity contribution in [3.05, 3.63) is 80.6 Å². The summed E-state index contributed by atoms with van der Waals surface area (Å²) in [7, 11) is 0. The van der Waals surface area contributed by atoms with Gasteiger partial charge in [-0.1, -0.05) is 31.4 Å². The van der Waals surface area contributed by atoms with E-state index in [0.29, 0.717) is 5.69 Å². The van der Waals surface area contributed by atoms with Crippen LogP contribution in [0.3, 0.4) is 0 Å². The monoisotopic (exact) mass is 420 g/mol. The maximum absolute atomic E-state index is 13.0. The van der Waals surface area contributed by atoms with E-state index in [-0.39, 0.29) is 22.3 Å². The first-order valence-corrected chi connectivity index (χ1v) is 10.7. The van der Waals surface area contributed by atoms with Crippen molar-refractivity contribution in [1.82, 2.24) is 9.55 Å². The van der Waals surface area contributed by atoms with E-state index in [1.54, 1.807) is 4.57 Å². The highest BCUT2D eigenvalue weighted by molar-refractivity contribution is 7.71. The summed E-state index contributed by atoms with van der Waals surface area (Å²) in [5, 5.41) is 13.0. The Morgan fingerprint density at radius 2 is 1.77 bits per heavy atom. The molecule has 0 radical (unpaired) electrons. The Labute approximate surface area is 180 Å². The van der Waals surface area contributed by atoms with Crippen LogP contribution >= 0.6 is 12.2 Å². The van der Waals surface area contributed by atoms with Gasteiger partial charge in [-0.25, -0.2) is 4.98 Å². The molecule has 0 unspecified atom stereocenters. The van der Waals surface area contributed by atoms with Crippen molar-refractivity contribution in [2.24, 2.45) is 4.99 Å². The molecule has 0 spiro atoms. The van der Waals surface area contributed by atoms with E-state index in [2.05, 4.69) is 15.0 Å². The minimum absolute atomic E-state index is 0.0267. The number of rotatable bonds is 5. The number of pyridine rings is 1. The molecule has 6 nitrogen and oxygen atoms in total. The highest BCUT2D eigenvalue weighted by Gasteiger charge is 2.17. The highest BCUT2D eigenvalue weighted by atomic mass is 32.1. The van der Waals surface area contributed by atoms with E-state index >= 15 is 0 Å². The second-order valence-electron chi connectivity index (χ2n) is 7.65. The zero-order valence-corrected chi connectivity index (χ0v) is 17.5. The summed E-state index contributed by atoms with van der Waals surface area (Å²) in [5.41, 5.74) is 2.60. The quantitative estimate of drug-likeness (QED) is 0.505. The molecule has 1 aliphatic rings. The van der Waals surface area contributed by atoms with Crippen LogP contribution in [-0.2, 0) is 6.42 Å². The van der Waals surface area contributed by atoms with Crippen LogP contribution in [0.2, 0.25) is 0 Å². The number of hydrogen-bond donors (Lipinski definition) is 1. The van der Waals surface area contributed by atoms with Gasteiger partial charge in [0.15, 0.2) is 17.2 Å². The largest absolute Gasteiger partial charge is 0.859 e. The maximum atomic E-state index is 13.0. The van der Waals surface area contributed by atoms with E-state index in [1.807, 2.05) is 48.8 Å². The molecular formula is C23H24N4O2S. The Morgan fingerprint density at radius 3 is 2.47 bits per heavy atom. The van der Waals surface area contributed by atoms with Crippen LogP contribution in [0.15, 0.2) is 58.6 Å². The van der Waals surface area contributed by atoms with Crippen molar-refractivity contribution in [2.45, 2.75) is 44.6 Å². The predicted octanol–water partition coefficient (Wildman–Crippen LogP) is 3.64. The summed E-state index contributed by atoms with van der Waals surface area (Å²) in [5.74, 6) is -0.350. The van der Waals surface area contributed by atoms with Crippen LogP contribution in [-0.4, -0.2) is 15.8 Å². The summed E-state index contributed by atoms with van der Waals surface area (Å²) in [6, 6.07) is 11.9. The molecule has 0 saturated heterocycles. The minimum Gasteiger partial charge on any atom is -0.859 e. The van der Waals surface area contributed by atoms with Gasteiger partial charge >= 0.3 is 0 Å². The van der Waals surface area contributed by atoms with Gasteiger partial charge in [-0.2, -0.15) is 0 Å². The van der Waals surface area contributed by atoms with Gasteiger partial charge in [-0.15, -0.1) is 0 Å². The number of hydrogen-bond acceptors (Lipinski definition) is 4. The number of aliphatic imine (C=N–C) groups is 1. The van der Waals surface area contributed by atoms with E-state index in [4.69, 9.17) is 12.2 Å². The Morgan fingerprint density at radius 1 is 1.10 bits per heavy atom. The number of H-pyrrole nitrogens is 2. The van der Waals surface area contributed by atoms with Crippen molar-refractivity contribution in [3.63, 3.8) is 0 Å². The van der Waals surface area contributed by atoms with E-state index in [1.165, 1.54) is 18.2 Å². The molecule has 1 fully saturated rings. The second-order valence-corrected chi connectivity index (χ2v) is 8.04. The zero-order valence-electron chi connectivity index (χ0n) is 16.6. The first-order valence-electron chi connectivity index (χ1n) is 10.3. The molecule has 154 valence electrons. The van der Waals surface area contributed by atoms with Crippen LogP contribution < -0.4 is 15.6 Å². The zero-order chi connectivity index (χ0) is 20.9. The van der Waals surface area contributed by atoms with Crippen molar-refractivity contribution < 1.29 is 10.1 Å². The Hall–Kier alpha value is -3.06. The third kappa shape index (κ3) is 4.57. The molecule has 0 amide bonds.